The van der Waals surface area contributed by atoms with Gasteiger partial charge in [-0.2, -0.15) is 0 Å². The van der Waals surface area contributed by atoms with Gasteiger partial charge < -0.3 is 15.0 Å². The van der Waals surface area contributed by atoms with E-state index in [0.29, 0.717) is 11.4 Å². The fraction of sp³-hybridized carbons (Fsp3) is 0.250. The molecule has 0 aliphatic carbocycles. The van der Waals surface area contributed by atoms with Gasteiger partial charge in [-0.05, 0) is 55.3 Å². The number of nitrogens with zero attached hydrogens (tertiary/aromatic N) is 3. The van der Waals surface area contributed by atoms with Crippen LogP contribution in [-0.4, -0.2) is 35.6 Å². The van der Waals surface area contributed by atoms with Crippen LogP contribution in [-0.2, 0) is 4.79 Å². The maximum Gasteiger partial charge on any atom is 0.262 e. The van der Waals surface area contributed by atoms with Crippen LogP contribution in [0.3, 0.4) is 0 Å². The van der Waals surface area contributed by atoms with Crippen molar-refractivity contribution in [2.45, 2.75) is 12.8 Å². The Bertz CT molecular complexity index is 956. The molecule has 1 aliphatic rings. The van der Waals surface area contributed by atoms with Gasteiger partial charge in [0.05, 0.1) is 5.52 Å². The van der Waals surface area contributed by atoms with Crippen LogP contribution in [0, 0.1) is 5.82 Å². The van der Waals surface area contributed by atoms with Crippen LogP contribution in [0.25, 0.3) is 10.9 Å². The Hall–Kier alpha value is -3.22. The number of nitrogens with one attached hydrogen (secondary N) is 1. The zero-order chi connectivity index (χ0) is 18.6. The van der Waals surface area contributed by atoms with Crippen molar-refractivity contribution in [3.63, 3.8) is 0 Å². The highest BCUT2D eigenvalue weighted by Crippen LogP contribution is 2.27. The van der Waals surface area contributed by atoms with Gasteiger partial charge in [0.2, 0.25) is 0 Å². The highest BCUT2D eigenvalue weighted by atomic mass is 19.1. The zero-order valence-electron chi connectivity index (χ0n) is 14.7. The summed E-state index contributed by atoms with van der Waals surface area (Å²) in [5, 5.41) is 3.76. The van der Waals surface area contributed by atoms with E-state index in [0.717, 1.165) is 29.8 Å². The van der Waals surface area contributed by atoms with E-state index in [9.17, 15) is 9.18 Å². The first-order valence-corrected chi connectivity index (χ1v) is 8.87. The van der Waals surface area contributed by atoms with E-state index in [-0.39, 0.29) is 18.3 Å². The molecule has 0 atom stereocenters. The molecular weight excluding hydrogens is 347 g/mol. The Morgan fingerprint density at radius 3 is 2.67 bits per heavy atom. The van der Waals surface area contributed by atoms with E-state index < -0.39 is 0 Å². The molecule has 0 saturated carbocycles. The lowest BCUT2D eigenvalue weighted by Crippen LogP contribution is -2.20. The molecule has 0 spiro atoms. The van der Waals surface area contributed by atoms with Crippen molar-refractivity contribution < 1.29 is 13.9 Å². The first-order chi connectivity index (χ1) is 13.2. The Kier molecular flexibility index (Phi) is 4.82. The highest BCUT2D eigenvalue weighted by Gasteiger charge is 2.16. The predicted molar refractivity (Wildman–Crippen MR) is 102 cm³/mol. The number of ether oxygens (including phenoxy) is 1. The van der Waals surface area contributed by atoms with Gasteiger partial charge in [0.1, 0.15) is 23.7 Å². The minimum Gasteiger partial charge on any atom is -0.484 e. The summed E-state index contributed by atoms with van der Waals surface area (Å²) in [5.41, 5.74) is 1.42. The van der Waals surface area contributed by atoms with Crippen molar-refractivity contribution in [1.82, 2.24) is 9.97 Å². The first-order valence-electron chi connectivity index (χ1n) is 8.87. The monoisotopic (exact) mass is 366 g/mol. The quantitative estimate of drug-likeness (QED) is 0.750. The van der Waals surface area contributed by atoms with Gasteiger partial charge >= 0.3 is 0 Å². The fourth-order valence-electron chi connectivity index (χ4n) is 3.18. The summed E-state index contributed by atoms with van der Waals surface area (Å²) in [5.74, 6) is 0.730. The summed E-state index contributed by atoms with van der Waals surface area (Å²) in [6, 6.07) is 11.1. The molecule has 1 saturated heterocycles. The lowest BCUT2D eigenvalue weighted by atomic mass is 10.2. The number of hydrogen-bond donors (Lipinski definition) is 1. The van der Waals surface area contributed by atoms with Crippen molar-refractivity contribution >= 4 is 28.3 Å². The maximum absolute atomic E-state index is 12.9. The van der Waals surface area contributed by atoms with Crippen molar-refractivity contribution in [1.29, 1.82) is 0 Å². The molecule has 1 fully saturated rings. The molecule has 0 radical (unpaired) electrons. The smallest absolute Gasteiger partial charge is 0.262 e. The maximum atomic E-state index is 12.9. The van der Waals surface area contributed by atoms with Crippen LogP contribution in [0.2, 0.25) is 0 Å². The fourth-order valence-corrected chi connectivity index (χ4v) is 3.18. The molecule has 27 heavy (non-hydrogen) atoms. The molecule has 1 aliphatic heterocycles. The van der Waals surface area contributed by atoms with Gasteiger partial charge in [0.15, 0.2) is 6.61 Å². The third-order valence-corrected chi connectivity index (χ3v) is 4.49. The summed E-state index contributed by atoms with van der Waals surface area (Å²) < 4.78 is 18.2. The standard InChI is InChI=1S/C20H19FN4O2/c21-14-3-6-16(7-4-14)27-12-19(26)24-15-5-8-17-18(11-15)22-13-23-20(17)25-9-1-2-10-25/h3-8,11,13H,1-2,9-10,12H2,(H,24,26). The van der Waals surface area contributed by atoms with E-state index in [1.807, 2.05) is 18.2 Å². The number of hydrogen-bond acceptors (Lipinski definition) is 5. The molecular formula is C20H19FN4O2. The Morgan fingerprint density at radius 2 is 1.89 bits per heavy atom. The Labute approximate surface area is 156 Å². The van der Waals surface area contributed by atoms with Gasteiger partial charge in [0, 0.05) is 24.2 Å². The highest BCUT2D eigenvalue weighted by molar-refractivity contribution is 5.96. The average molecular weight is 366 g/mol. The molecule has 2 heterocycles. The van der Waals surface area contributed by atoms with E-state index in [4.69, 9.17) is 4.74 Å². The first kappa shape index (κ1) is 17.2. The summed E-state index contributed by atoms with van der Waals surface area (Å²) in [6.07, 6.45) is 3.90. The molecule has 7 heteroatoms. The van der Waals surface area contributed by atoms with Crippen molar-refractivity contribution in [2.24, 2.45) is 0 Å². The third kappa shape index (κ3) is 3.97. The number of amides is 1. The SMILES string of the molecule is O=C(COc1ccc(F)cc1)Nc1ccc2c(N3CCCC3)ncnc2c1. The van der Waals surface area contributed by atoms with Gasteiger partial charge in [-0.25, -0.2) is 14.4 Å². The van der Waals surface area contributed by atoms with E-state index >= 15 is 0 Å². The van der Waals surface area contributed by atoms with E-state index in [1.54, 1.807) is 6.33 Å². The average Bonchev–Trinajstić information content (AvgIpc) is 3.21. The molecule has 1 N–H and O–H groups in total. The minimum absolute atomic E-state index is 0.160. The largest absolute Gasteiger partial charge is 0.484 e. The molecule has 1 aromatic heterocycles. The number of halogens is 1. The molecule has 0 bridgehead atoms. The summed E-state index contributed by atoms with van der Waals surface area (Å²) >= 11 is 0. The summed E-state index contributed by atoms with van der Waals surface area (Å²) in [7, 11) is 0. The van der Waals surface area contributed by atoms with Gasteiger partial charge in [-0.15, -0.1) is 0 Å². The minimum atomic E-state index is -0.349. The van der Waals surface area contributed by atoms with E-state index in [1.165, 1.54) is 37.1 Å². The van der Waals surface area contributed by atoms with E-state index in [2.05, 4.69) is 20.2 Å². The number of aromatic nitrogens is 2. The van der Waals surface area contributed by atoms with Crippen LogP contribution in [0.5, 0.6) is 5.75 Å². The number of carbonyl (C=O) groups excluding carboxylic acids is 1. The zero-order valence-corrected chi connectivity index (χ0v) is 14.7. The van der Waals surface area contributed by atoms with Crippen molar-refractivity contribution in [3.8, 4) is 5.75 Å². The van der Waals surface area contributed by atoms with Crippen LogP contribution < -0.4 is 15.0 Å². The molecule has 3 aromatic rings. The molecule has 0 unspecified atom stereocenters. The molecule has 1 amide bonds. The van der Waals surface area contributed by atoms with Crippen LogP contribution >= 0.6 is 0 Å². The second kappa shape index (κ2) is 7.57. The van der Waals surface area contributed by atoms with Crippen LogP contribution in [0.1, 0.15) is 12.8 Å². The third-order valence-electron chi connectivity index (χ3n) is 4.49. The van der Waals surface area contributed by atoms with Gasteiger partial charge in [-0.1, -0.05) is 0 Å². The van der Waals surface area contributed by atoms with Gasteiger partial charge in [0.25, 0.3) is 5.91 Å². The topological polar surface area (TPSA) is 67.3 Å². The normalized spacial score (nSPS) is 13.7. The predicted octanol–water partition coefficient (Wildman–Crippen LogP) is 3.39. The molecule has 2 aromatic carbocycles. The number of fused-ring (bicyclic) bond motifs is 1. The summed E-state index contributed by atoms with van der Waals surface area (Å²) in [4.78, 5) is 23.1. The van der Waals surface area contributed by atoms with Crippen LogP contribution in [0.4, 0.5) is 15.9 Å². The second-order valence-corrected chi connectivity index (χ2v) is 6.41. The molecule has 4 rings (SSSR count). The van der Waals surface area contributed by atoms with Crippen molar-refractivity contribution in [2.75, 3.05) is 29.9 Å². The molecule has 6 nitrogen and oxygen atoms in total. The lowest BCUT2D eigenvalue weighted by Gasteiger charge is -2.18. The lowest BCUT2D eigenvalue weighted by molar-refractivity contribution is -0.118. The Morgan fingerprint density at radius 1 is 1.11 bits per heavy atom. The Balaban J connectivity index is 1.44. The number of carbonyl (C=O) groups is 1. The van der Waals surface area contributed by atoms with Crippen molar-refractivity contribution in [3.05, 3.63) is 54.6 Å². The summed E-state index contributed by atoms with van der Waals surface area (Å²) in [6.45, 7) is 1.85. The molecule has 138 valence electrons. The number of rotatable bonds is 5. The number of anilines is 2. The van der Waals surface area contributed by atoms with Gasteiger partial charge in [-0.3, -0.25) is 4.79 Å². The number of benzene rings is 2. The van der Waals surface area contributed by atoms with Crippen LogP contribution in [0.15, 0.2) is 48.8 Å². The second-order valence-electron chi connectivity index (χ2n) is 6.41.